The van der Waals surface area contributed by atoms with Gasteiger partial charge in [-0.2, -0.15) is 0 Å². The first kappa shape index (κ1) is 32.8. The maximum absolute atomic E-state index is 11.1. The van der Waals surface area contributed by atoms with Crippen molar-refractivity contribution in [3.8, 4) is 5.75 Å². The Balaban J connectivity index is 1.43. The molecule has 1 N–H and O–H groups in total. The molecule has 0 spiro atoms. The van der Waals surface area contributed by atoms with Gasteiger partial charge in [0.15, 0.2) is 0 Å². The number of hydrogen-bond acceptors (Lipinski definition) is 3. The zero-order valence-electron chi connectivity index (χ0n) is 27.2. The fourth-order valence-electron chi connectivity index (χ4n) is 6.27. The van der Waals surface area contributed by atoms with Gasteiger partial charge in [0.2, 0.25) is 0 Å². The molecule has 0 saturated carbocycles. The largest absolute Gasteiger partial charge is 0.490 e. The summed E-state index contributed by atoms with van der Waals surface area (Å²) >= 11 is 0. The Kier molecular flexibility index (Phi) is 12.3. The lowest BCUT2D eigenvalue weighted by atomic mass is 9.87. The van der Waals surface area contributed by atoms with Crippen LogP contribution in [0.3, 0.4) is 0 Å². The Labute approximate surface area is 260 Å². The molecule has 1 aliphatic heterocycles. The van der Waals surface area contributed by atoms with Gasteiger partial charge in [-0.3, -0.25) is 9.69 Å². The molecule has 0 bridgehead atoms. The molecule has 0 aromatic heterocycles. The first-order chi connectivity index (χ1) is 20.7. The Morgan fingerprint density at radius 2 is 1.37 bits per heavy atom. The van der Waals surface area contributed by atoms with E-state index in [9.17, 15) is 4.79 Å². The summed E-state index contributed by atoms with van der Waals surface area (Å²) in [5.41, 5.74) is 9.41. The number of unbranched alkanes of at least 4 members (excludes halogenated alkanes) is 3. The minimum absolute atomic E-state index is 0.109. The van der Waals surface area contributed by atoms with Crippen LogP contribution < -0.4 is 4.74 Å². The van der Waals surface area contributed by atoms with Crippen LogP contribution >= 0.6 is 0 Å². The normalized spacial score (nSPS) is 15.2. The molecule has 0 amide bonds. The molecule has 3 aromatic rings. The molecule has 1 fully saturated rings. The second kappa shape index (κ2) is 16.1. The summed E-state index contributed by atoms with van der Waals surface area (Å²) < 4.78 is 6.72. The van der Waals surface area contributed by atoms with Gasteiger partial charge in [0.1, 0.15) is 11.9 Å². The number of carbonyl (C=O) groups is 1. The lowest BCUT2D eigenvalue weighted by Crippen LogP contribution is -2.49. The Morgan fingerprint density at radius 3 is 1.95 bits per heavy atom. The number of nitrogens with zero attached hydrogens (tertiary/aromatic N) is 1. The standard InChI is InChI=1S/C39H53NO3/c1-6-7-8-9-10-32(23-34-13-11-28(2)30(4)21-34)15-20-38(24-35-14-12-29(3)31(5)22-35)43-37-18-16-33(17-19-37)25-40-26-36(27-40)39(41)42/h11-14,16-19,21-22,32,36,38H,6-10,15,20,23-27H2,1-5H3,(H,41,42). The van der Waals surface area contributed by atoms with Gasteiger partial charge < -0.3 is 9.84 Å². The van der Waals surface area contributed by atoms with E-state index in [-0.39, 0.29) is 12.0 Å². The molecule has 2 unspecified atom stereocenters. The smallest absolute Gasteiger partial charge is 0.309 e. The molecule has 232 valence electrons. The quantitative estimate of drug-likeness (QED) is 0.161. The number of hydrogen-bond donors (Lipinski definition) is 1. The van der Waals surface area contributed by atoms with E-state index in [1.807, 2.05) is 0 Å². The van der Waals surface area contributed by atoms with Gasteiger partial charge in [0.25, 0.3) is 0 Å². The fourth-order valence-corrected chi connectivity index (χ4v) is 6.27. The molecule has 43 heavy (non-hydrogen) atoms. The number of carboxylic acid groups (broad SMARTS) is 1. The van der Waals surface area contributed by atoms with Gasteiger partial charge in [-0.25, -0.2) is 0 Å². The van der Waals surface area contributed by atoms with Gasteiger partial charge in [-0.1, -0.05) is 87.6 Å². The van der Waals surface area contributed by atoms with Crippen molar-refractivity contribution in [2.45, 2.75) is 105 Å². The summed E-state index contributed by atoms with van der Waals surface area (Å²) in [5.74, 6) is 0.655. The highest BCUT2D eigenvalue weighted by atomic mass is 16.5. The molecular weight excluding hydrogens is 530 g/mol. The summed E-state index contributed by atoms with van der Waals surface area (Å²) in [6.07, 6.45) is 10.8. The van der Waals surface area contributed by atoms with Gasteiger partial charge in [-0.15, -0.1) is 0 Å². The van der Waals surface area contributed by atoms with Crippen LogP contribution in [0.5, 0.6) is 5.75 Å². The topological polar surface area (TPSA) is 49.8 Å². The molecule has 4 nitrogen and oxygen atoms in total. The van der Waals surface area contributed by atoms with Gasteiger partial charge >= 0.3 is 5.97 Å². The Morgan fingerprint density at radius 1 is 0.767 bits per heavy atom. The number of likely N-dealkylation sites (tertiary alicyclic amines) is 1. The Bertz CT molecular complexity index is 1310. The van der Waals surface area contributed by atoms with Crippen LogP contribution in [-0.2, 0) is 24.2 Å². The predicted molar refractivity (Wildman–Crippen MR) is 178 cm³/mol. The van der Waals surface area contributed by atoms with Crippen LogP contribution in [0.4, 0.5) is 0 Å². The van der Waals surface area contributed by atoms with Crippen LogP contribution in [0, 0.1) is 39.5 Å². The van der Waals surface area contributed by atoms with E-state index in [0.717, 1.165) is 38.0 Å². The van der Waals surface area contributed by atoms with Gasteiger partial charge in [0, 0.05) is 26.1 Å². The summed E-state index contributed by atoms with van der Waals surface area (Å²) in [6.45, 7) is 13.1. The average molecular weight is 584 g/mol. The van der Waals surface area contributed by atoms with Crippen molar-refractivity contribution in [3.05, 3.63) is 99.6 Å². The highest BCUT2D eigenvalue weighted by Crippen LogP contribution is 2.27. The highest BCUT2D eigenvalue weighted by molar-refractivity contribution is 5.71. The van der Waals surface area contributed by atoms with E-state index in [4.69, 9.17) is 9.84 Å². The molecule has 4 rings (SSSR count). The zero-order valence-corrected chi connectivity index (χ0v) is 27.2. The molecule has 3 aromatic carbocycles. The third-order valence-corrected chi connectivity index (χ3v) is 9.43. The third kappa shape index (κ3) is 10.2. The molecular formula is C39H53NO3. The number of benzene rings is 3. The van der Waals surface area contributed by atoms with E-state index < -0.39 is 5.97 Å². The van der Waals surface area contributed by atoms with E-state index >= 15 is 0 Å². The first-order valence-electron chi connectivity index (χ1n) is 16.5. The van der Waals surface area contributed by atoms with E-state index in [1.165, 1.54) is 71.0 Å². The van der Waals surface area contributed by atoms with Crippen molar-refractivity contribution in [2.75, 3.05) is 13.1 Å². The number of aryl methyl sites for hydroxylation is 4. The second-order valence-corrected chi connectivity index (χ2v) is 13.2. The SMILES string of the molecule is CCCCCCC(CCC(Cc1ccc(C)c(C)c1)Oc1ccc(CN2CC(C(=O)O)C2)cc1)Cc1ccc(C)c(C)c1. The lowest BCUT2D eigenvalue weighted by Gasteiger charge is -2.36. The molecule has 1 heterocycles. The number of ether oxygens (including phenoxy) is 1. The van der Waals surface area contributed by atoms with Gasteiger partial charge in [0.05, 0.1) is 5.92 Å². The molecule has 1 saturated heterocycles. The van der Waals surface area contributed by atoms with Gasteiger partial charge in [-0.05, 0) is 104 Å². The molecule has 0 radical (unpaired) electrons. The summed E-state index contributed by atoms with van der Waals surface area (Å²) in [6, 6.07) is 22.3. The number of carboxylic acids is 1. The highest BCUT2D eigenvalue weighted by Gasteiger charge is 2.32. The van der Waals surface area contributed by atoms with E-state index in [1.54, 1.807) is 0 Å². The van der Waals surface area contributed by atoms with Crippen LogP contribution in [0.25, 0.3) is 0 Å². The third-order valence-electron chi connectivity index (χ3n) is 9.43. The number of rotatable bonds is 17. The number of aliphatic carboxylic acids is 1. The maximum atomic E-state index is 11.1. The van der Waals surface area contributed by atoms with E-state index in [2.05, 4.69) is 100 Å². The van der Waals surface area contributed by atoms with Crippen molar-refractivity contribution in [1.82, 2.24) is 4.90 Å². The van der Waals surface area contributed by atoms with Crippen molar-refractivity contribution in [1.29, 1.82) is 0 Å². The van der Waals surface area contributed by atoms with Crippen molar-refractivity contribution < 1.29 is 14.6 Å². The maximum Gasteiger partial charge on any atom is 0.309 e. The second-order valence-electron chi connectivity index (χ2n) is 13.2. The minimum Gasteiger partial charge on any atom is -0.490 e. The molecule has 0 aliphatic carbocycles. The molecule has 2 atom stereocenters. The average Bonchev–Trinajstić information content (AvgIpc) is 2.95. The minimum atomic E-state index is -0.688. The Hall–Kier alpha value is -3.11. The van der Waals surface area contributed by atoms with Crippen LogP contribution in [0.15, 0.2) is 60.7 Å². The lowest BCUT2D eigenvalue weighted by molar-refractivity contribution is -0.147. The summed E-state index contributed by atoms with van der Waals surface area (Å²) in [5, 5.41) is 9.17. The predicted octanol–water partition coefficient (Wildman–Crippen LogP) is 9.04. The fraction of sp³-hybridized carbons (Fsp3) is 0.513. The zero-order chi connectivity index (χ0) is 30.8. The van der Waals surface area contributed by atoms with Crippen molar-refractivity contribution >= 4 is 5.97 Å². The van der Waals surface area contributed by atoms with Crippen LogP contribution in [-0.4, -0.2) is 35.2 Å². The summed E-state index contributed by atoms with van der Waals surface area (Å²) in [4.78, 5) is 13.3. The van der Waals surface area contributed by atoms with Crippen LogP contribution in [0.2, 0.25) is 0 Å². The van der Waals surface area contributed by atoms with Crippen molar-refractivity contribution in [3.63, 3.8) is 0 Å². The molecule has 1 aliphatic rings. The molecule has 4 heteroatoms. The first-order valence-corrected chi connectivity index (χ1v) is 16.5. The van der Waals surface area contributed by atoms with Crippen LogP contribution in [0.1, 0.15) is 90.8 Å². The van der Waals surface area contributed by atoms with Crippen molar-refractivity contribution in [2.24, 2.45) is 11.8 Å². The van der Waals surface area contributed by atoms with E-state index in [0.29, 0.717) is 19.0 Å². The summed E-state index contributed by atoms with van der Waals surface area (Å²) in [7, 11) is 0. The monoisotopic (exact) mass is 583 g/mol.